The van der Waals surface area contributed by atoms with Gasteiger partial charge in [-0.1, -0.05) is 0 Å². The summed E-state index contributed by atoms with van der Waals surface area (Å²) in [5, 5.41) is 14.0. The average Bonchev–Trinajstić information content (AvgIpc) is 2.87. The first-order valence-corrected chi connectivity index (χ1v) is 6.40. The molecule has 5 nitrogen and oxygen atoms in total. The minimum atomic E-state index is -0.731. The Balaban J connectivity index is 1.56. The summed E-state index contributed by atoms with van der Waals surface area (Å²) in [6.45, 7) is 1.54. The SMILES string of the molecule is OC1(CNc2nc(C3CC3)ns2)CCOC1. The lowest BCUT2D eigenvalue weighted by molar-refractivity contribution is 0.0382. The Morgan fingerprint density at radius 2 is 2.44 bits per heavy atom. The van der Waals surface area contributed by atoms with Crippen LogP contribution < -0.4 is 5.32 Å². The summed E-state index contributed by atoms with van der Waals surface area (Å²) in [4.78, 5) is 4.41. The maximum atomic E-state index is 10.0. The van der Waals surface area contributed by atoms with Crippen LogP contribution in [0.1, 0.15) is 31.0 Å². The molecule has 2 aliphatic rings. The van der Waals surface area contributed by atoms with E-state index in [0.29, 0.717) is 32.1 Å². The van der Waals surface area contributed by atoms with Gasteiger partial charge in [0.25, 0.3) is 0 Å². The standard InChI is InChI=1S/C10H15N3O2S/c14-10(3-4-15-6-10)5-11-9-12-8(13-16-9)7-1-2-7/h7,14H,1-6H2,(H,11,12,13). The van der Waals surface area contributed by atoms with Crippen molar-refractivity contribution >= 4 is 16.7 Å². The maximum Gasteiger partial charge on any atom is 0.202 e. The van der Waals surface area contributed by atoms with Gasteiger partial charge in [0.05, 0.1) is 6.61 Å². The van der Waals surface area contributed by atoms with Gasteiger partial charge in [0.15, 0.2) is 0 Å². The monoisotopic (exact) mass is 241 g/mol. The Morgan fingerprint density at radius 1 is 1.56 bits per heavy atom. The van der Waals surface area contributed by atoms with Gasteiger partial charge in [0.1, 0.15) is 11.4 Å². The second-order valence-corrected chi connectivity index (χ2v) is 5.36. The molecular formula is C10H15N3O2S. The molecule has 2 fully saturated rings. The first-order valence-electron chi connectivity index (χ1n) is 5.63. The lowest BCUT2D eigenvalue weighted by Crippen LogP contribution is -2.37. The van der Waals surface area contributed by atoms with Crippen LogP contribution in [0.3, 0.4) is 0 Å². The fourth-order valence-electron chi connectivity index (χ4n) is 1.79. The van der Waals surface area contributed by atoms with Crippen molar-refractivity contribution in [2.45, 2.75) is 30.8 Å². The van der Waals surface area contributed by atoms with Gasteiger partial charge in [0, 0.05) is 37.0 Å². The molecule has 2 N–H and O–H groups in total. The molecule has 16 heavy (non-hydrogen) atoms. The van der Waals surface area contributed by atoms with Crippen LogP contribution in [0.15, 0.2) is 0 Å². The van der Waals surface area contributed by atoms with Gasteiger partial charge in [-0.05, 0) is 12.8 Å². The molecule has 0 aromatic carbocycles. The van der Waals surface area contributed by atoms with Crippen molar-refractivity contribution < 1.29 is 9.84 Å². The van der Waals surface area contributed by atoms with Crippen molar-refractivity contribution in [3.63, 3.8) is 0 Å². The lowest BCUT2D eigenvalue weighted by atomic mass is 10.0. The van der Waals surface area contributed by atoms with Gasteiger partial charge in [-0.2, -0.15) is 4.37 Å². The summed E-state index contributed by atoms with van der Waals surface area (Å²) in [5.41, 5.74) is -0.731. The molecule has 0 spiro atoms. The minimum absolute atomic E-state index is 0.411. The van der Waals surface area contributed by atoms with E-state index in [4.69, 9.17) is 4.74 Å². The molecule has 1 aromatic heterocycles. The first-order chi connectivity index (χ1) is 7.75. The molecule has 0 bridgehead atoms. The summed E-state index contributed by atoms with van der Waals surface area (Å²) in [7, 11) is 0. The zero-order valence-corrected chi connectivity index (χ0v) is 9.79. The first kappa shape index (κ1) is 10.4. The number of nitrogens with one attached hydrogen (secondary N) is 1. The van der Waals surface area contributed by atoms with Gasteiger partial charge in [-0.3, -0.25) is 0 Å². The normalized spacial score (nSPS) is 29.6. The topological polar surface area (TPSA) is 67.3 Å². The molecule has 1 aliphatic carbocycles. The second kappa shape index (κ2) is 3.94. The van der Waals surface area contributed by atoms with E-state index in [0.717, 1.165) is 11.0 Å². The highest BCUT2D eigenvalue weighted by Gasteiger charge is 2.32. The Morgan fingerprint density at radius 3 is 3.12 bits per heavy atom. The van der Waals surface area contributed by atoms with Crippen molar-refractivity contribution in [3.8, 4) is 0 Å². The van der Waals surface area contributed by atoms with E-state index in [9.17, 15) is 5.11 Å². The number of nitrogens with zero attached hydrogens (tertiary/aromatic N) is 2. The van der Waals surface area contributed by atoms with Crippen molar-refractivity contribution in [2.75, 3.05) is 25.1 Å². The van der Waals surface area contributed by atoms with Crippen LogP contribution in [0.25, 0.3) is 0 Å². The van der Waals surface area contributed by atoms with Gasteiger partial charge in [0.2, 0.25) is 5.13 Å². The maximum absolute atomic E-state index is 10.0. The number of hydrogen-bond acceptors (Lipinski definition) is 6. The molecule has 0 amide bonds. The third-order valence-corrected chi connectivity index (χ3v) is 3.72. The van der Waals surface area contributed by atoms with Gasteiger partial charge in [-0.15, -0.1) is 0 Å². The van der Waals surface area contributed by atoms with E-state index in [1.54, 1.807) is 0 Å². The molecular weight excluding hydrogens is 226 g/mol. The van der Waals surface area contributed by atoms with Gasteiger partial charge < -0.3 is 15.2 Å². The molecule has 3 rings (SSSR count). The Kier molecular flexibility index (Phi) is 2.57. The van der Waals surface area contributed by atoms with E-state index < -0.39 is 5.60 Å². The van der Waals surface area contributed by atoms with Gasteiger partial charge in [-0.25, -0.2) is 4.98 Å². The fourth-order valence-corrected chi connectivity index (χ4v) is 2.43. The van der Waals surface area contributed by atoms with E-state index in [2.05, 4.69) is 14.7 Å². The van der Waals surface area contributed by atoms with E-state index >= 15 is 0 Å². The van der Waals surface area contributed by atoms with E-state index in [-0.39, 0.29) is 0 Å². The van der Waals surface area contributed by atoms with Crippen LogP contribution in [0, 0.1) is 0 Å². The molecule has 1 aromatic rings. The van der Waals surface area contributed by atoms with Crippen LogP contribution >= 0.6 is 11.5 Å². The average molecular weight is 241 g/mol. The summed E-state index contributed by atoms with van der Waals surface area (Å²) in [6, 6.07) is 0. The van der Waals surface area contributed by atoms with Crippen molar-refractivity contribution in [1.29, 1.82) is 0 Å². The molecule has 0 radical (unpaired) electrons. The van der Waals surface area contributed by atoms with Crippen molar-refractivity contribution in [2.24, 2.45) is 0 Å². The molecule has 88 valence electrons. The highest BCUT2D eigenvalue weighted by molar-refractivity contribution is 7.09. The number of ether oxygens (including phenoxy) is 1. The van der Waals surface area contributed by atoms with E-state index in [1.807, 2.05) is 0 Å². The lowest BCUT2D eigenvalue weighted by Gasteiger charge is -2.19. The highest BCUT2D eigenvalue weighted by Crippen LogP contribution is 2.39. The van der Waals surface area contributed by atoms with Crippen LogP contribution in [0.5, 0.6) is 0 Å². The Labute approximate surface area is 98.0 Å². The van der Waals surface area contributed by atoms with Crippen LogP contribution in [-0.2, 0) is 4.74 Å². The quantitative estimate of drug-likeness (QED) is 0.822. The van der Waals surface area contributed by atoms with Crippen LogP contribution in [0.4, 0.5) is 5.13 Å². The second-order valence-electron chi connectivity index (χ2n) is 4.61. The third-order valence-electron chi connectivity index (χ3n) is 3.04. The summed E-state index contributed by atoms with van der Waals surface area (Å²) < 4.78 is 9.48. The fraction of sp³-hybridized carbons (Fsp3) is 0.800. The number of rotatable bonds is 4. The van der Waals surface area contributed by atoms with Gasteiger partial charge >= 0.3 is 0 Å². The number of aliphatic hydroxyl groups is 1. The number of hydrogen-bond donors (Lipinski definition) is 2. The van der Waals surface area contributed by atoms with Crippen molar-refractivity contribution in [3.05, 3.63) is 5.82 Å². The largest absolute Gasteiger partial charge is 0.386 e. The molecule has 6 heteroatoms. The molecule has 1 saturated heterocycles. The molecule has 1 aliphatic heterocycles. The number of anilines is 1. The van der Waals surface area contributed by atoms with Crippen LogP contribution in [0.2, 0.25) is 0 Å². The molecule has 1 atom stereocenters. The molecule has 1 unspecified atom stereocenters. The minimum Gasteiger partial charge on any atom is -0.386 e. The zero-order valence-electron chi connectivity index (χ0n) is 8.98. The van der Waals surface area contributed by atoms with E-state index in [1.165, 1.54) is 24.4 Å². The third kappa shape index (κ3) is 2.18. The summed E-state index contributed by atoms with van der Waals surface area (Å²) >= 11 is 1.38. The Bertz CT molecular complexity index is 372. The Hall–Kier alpha value is -0.720. The summed E-state index contributed by atoms with van der Waals surface area (Å²) in [6.07, 6.45) is 3.12. The molecule has 2 heterocycles. The zero-order chi connectivity index (χ0) is 11.0. The van der Waals surface area contributed by atoms with Crippen LogP contribution in [-0.4, -0.2) is 39.8 Å². The predicted octanol–water partition coefficient (Wildman–Crippen LogP) is 0.979. The smallest absolute Gasteiger partial charge is 0.202 e. The number of aromatic nitrogens is 2. The summed E-state index contributed by atoms with van der Waals surface area (Å²) in [5.74, 6) is 1.55. The highest BCUT2D eigenvalue weighted by atomic mass is 32.1. The predicted molar refractivity (Wildman–Crippen MR) is 60.8 cm³/mol. The molecule has 1 saturated carbocycles. The van der Waals surface area contributed by atoms with Crippen molar-refractivity contribution in [1.82, 2.24) is 9.36 Å².